The van der Waals surface area contributed by atoms with Gasteiger partial charge < -0.3 is 30.2 Å². The lowest BCUT2D eigenvalue weighted by atomic mass is 10.0. The summed E-state index contributed by atoms with van der Waals surface area (Å²) in [6.07, 6.45) is 5.87. The molecule has 39 heavy (non-hydrogen) atoms. The molecule has 1 aliphatic heterocycles. The Morgan fingerprint density at radius 1 is 0.923 bits per heavy atom. The second kappa shape index (κ2) is 11.8. The van der Waals surface area contributed by atoms with E-state index in [-0.39, 0.29) is 11.4 Å². The molecule has 0 aliphatic carbocycles. The van der Waals surface area contributed by atoms with Crippen molar-refractivity contribution < 1.29 is 23.4 Å². The molecule has 2 heterocycles. The van der Waals surface area contributed by atoms with E-state index in [1.807, 2.05) is 24.3 Å². The molecule has 0 spiro atoms. The number of hydrogen-bond donors (Lipinski definition) is 3. The van der Waals surface area contributed by atoms with Gasteiger partial charge in [-0.05, 0) is 67.9 Å². The van der Waals surface area contributed by atoms with Gasteiger partial charge in [0.15, 0.2) is 11.5 Å². The first-order valence-electron chi connectivity index (χ1n) is 12.6. The van der Waals surface area contributed by atoms with Gasteiger partial charge in [0.25, 0.3) is 0 Å². The third-order valence-electron chi connectivity index (χ3n) is 6.41. The molecule has 1 fully saturated rings. The van der Waals surface area contributed by atoms with E-state index in [9.17, 15) is 9.18 Å². The van der Waals surface area contributed by atoms with Gasteiger partial charge in [-0.1, -0.05) is 23.8 Å². The smallest absolute Gasteiger partial charge is 0.323 e. The number of hydrogen-bond acceptors (Lipinski definition) is 6. The van der Waals surface area contributed by atoms with Gasteiger partial charge in [0.2, 0.25) is 0 Å². The van der Waals surface area contributed by atoms with Crippen molar-refractivity contribution in [1.82, 2.24) is 10.3 Å². The monoisotopic (exact) mass is 528 g/mol. The summed E-state index contributed by atoms with van der Waals surface area (Å²) < 4.78 is 31.5. The van der Waals surface area contributed by atoms with Gasteiger partial charge in [0, 0.05) is 29.4 Å². The molecule has 1 aliphatic rings. The molecule has 0 bridgehead atoms. The quantitative estimate of drug-likeness (QED) is 0.250. The molecule has 5 rings (SSSR count). The number of nitrogens with zero attached hydrogens (tertiary/aromatic N) is 1. The molecule has 1 saturated heterocycles. The predicted octanol–water partition coefficient (Wildman–Crippen LogP) is 6.59. The van der Waals surface area contributed by atoms with E-state index in [1.54, 1.807) is 44.7 Å². The van der Waals surface area contributed by atoms with Gasteiger partial charge >= 0.3 is 6.03 Å². The predicted molar refractivity (Wildman–Crippen MR) is 150 cm³/mol. The molecular weight excluding hydrogens is 499 g/mol. The summed E-state index contributed by atoms with van der Waals surface area (Å²) in [6, 6.07) is 16.4. The summed E-state index contributed by atoms with van der Waals surface area (Å²) in [5.74, 6) is 1.16. The minimum absolute atomic E-state index is 0.0260. The number of carbonyl (C=O) groups excluding carboxylic acids is 1. The SMILES string of the molecule is COc1cc2nccc(Oc3ccc(NC(=O)Nc4ccc(C=C5CCNCC5)cc4)c(F)c3)c2cc1OC. The number of benzene rings is 3. The second-order valence-electron chi connectivity index (χ2n) is 9.03. The number of pyridine rings is 1. The highest BCUT2D eigenvalue weighted by Crippen LogP contribution is 2.37. The molecule has 200 valence electrons. The number of ether oxygens (including phenoxy) is 3. The highest BCUT2D eigenvalue weighted by molar-refractivity contribution is 6.00. The average molecular weight is 529 g/mol. The Kier molecular flexibility index (Phi) is 7.88. The zero-order chi connectivity index (χ0) is 27.2. The number of rotatable bonds is 7. The minimum Gasteiger partial charge on any atom is -0.493 e. The number of urea groups is 1. The van der Waals surface area contributed by atoms with Crippen LogP contribution >= 0.6 is 0 Å². The second-order valence-corrected chi connectivity index (χ2v) is 9.03. The van der Waals surface area contributed by atoms with E-state index < -0.39 is 11.8 Å². The lowest BCUT2D eigenvalue weighted by Gasteiger charge is -2.15. The van der Waals surface area contributed by atoms with E-state index in [1.165, 1.54) is 17.7 Å². The van der Waals surface area contributed by atoms with Crippen LogP contribution in [-0.4, -0.2) is 38.3 Å². The van der Waals surface area contributed by atoms with Gasteiger partial charge in [-0.25, -0.2) is 9.18 Å². The van der Waals surface area contributed by atoms with Crippen molar-refractivity contribution in [2.75, 3.05) is 37.9 Å². The van der Waals surface area contributed by atoms with Gasteiger partial charge in [-0.2, -0.15) is 0 Å². The molecule has 9 heteroatoms. The summed E-state index contributed by atoms with van der Waals surface area (Å²) in [5, 5.41) is 9.30. The zero-order valence-corrected chi connectivity index (χ0v) is 21.7. The molecule has 3 aromatic carbocycles. The molecule has 0 atom stereocenters. The molecule has 0 saturated carbocycles. The fourth-order valence-electron chi connectivity index (χ4n) is 4.40. The molecule has 4 aromatic rings. The van der Waals surface area contributed by atoms with Crippen molar-refractivity contribution >= 4 is 34.4 Å². The maximum absolute atomic E-state index is 14.9. The number of aromatic nitrogens is 1. The van der Waals surface area contributed by atoms with Crippen LogP contribution in [-0.2, 0) is 0 Å². The first kappa shape index (κ1) is 26.0. The number of fused-ring (bicyclic) bond motifs is 1. The molecule has 0 radical (unpaired) electrons. The average Bonchev–Trinajstić information content (AvgIpc) is 2.95. The third kappa shape index (κ3) is 6.27. The highest BCUT2D eigenvalue weighted by Gasteiger charge is 2.13. The van der Waals surface area contributed by atoms with Crippen LogP contribution in [0.1, 0.15) is 18.4 Å². The van der Waals surface area contributed by atoms with E-state index in [0.29, 0.717) is 33.8 Å². The van der Waals surface area contributed by atoms with Crippen LogP contribution in [0.4, 0.5) is 20.6 Å². The fraction of sp³-hybridized carbons (Fsp3) is 0.200. The lowest BCUT2D eigenvalue weighted by molar-refractivity contribution is 0.262. The number of carbonyl (C=O) groups is 1. The number of halogens is 1. The Morgan fingerprint density at radius 2 is 1.67 bits per heavy atom. The molecule has 3 N–H and O–H groups in total. The van der Waals surface area contributed by atoms with Crippen LogP contribution in [0, 0.1) is 5.82 Å². The van der Waals surface area contributed by atoms with Crippen LogP contribution in [0.5, 0.6) is 23.0 Å². The molecule has 0 unspecified atom stereocenters. The van der Waals surface area contributed by atoms with Gasteiger partial charge in [0.1, 0.15) is 17.3 Å². The number of nitrogens with one attached hydrogen (secondary N) is 3. The normalized spacial score (nSPS) is 13.1. The van der Waals surface area contributed by atoms with Gasteiger partial charge in [-0.3, -0.25) is 4.98 Å². The largest absolute Gasteiger partial charge is 0.493 e. The van der Waals surface area contributed by atoms with E-state index in [2.05, 4.69) is 27.0 Å². The summed E-state index contributed by atoms with van der Waals surface area (Å²) >= 11 is 0. The first-order valence-corrected chi connectivity index (χ1v) is 12.6. The van der Waals surface area contributed by atoms with Crippen molar-refractivity contribution in [3.8, 4) is 23.0 Å². The minimum atomic E-state index is -0.635. The highest BCUT2D eigenvalue weighted by atomic mass is 19.1. The Bertz CT molecular complexity index is 1510. The Labute approximate surface area is 225 Å². The number of piperidine rings is 1. The van der Waals surface area contributed by atoms with Crippen molar-refractivity contribution in [2.45, 2.75) is 12.8 Å². The van der Waals surface area contributed by atoms with Crippen LogP contribution in [0.3, 0.4) is 0 Å². The van der Waals surface area contributed by atoms with Gasteiger partial charge in [0.05, 0.1) is 25.4 Å². The van der Waals surface area contributed by atoms with Crippen molar-refractivity contribution in [2.24, 2.45) is 0 Å². The van der Waals surface area contributed by atoms with Crippen LogP contribution in [0.25, 0.3) is 17.0 Å². The topological polar surface area (TPSA) is 93.7 Å². The Morgan fingerprint density at radius 3 is 2.38 bits per heavy atom. The Hall–Kier alpha value is -4.63. The van der Waals surface area contributed by atoms with E-state index in [4.69, 9.17) is 14.2 Å². The Balaban J connectivity index is 1.24. The molecule has 8 nitrogen and oxygen atoms in total. The maximum Gasteiger partial charge on any atom is 0.323 e. The molecule has 2 amide bonds. The standard InChI is InChI=1S/C30H29FN4O4/c1-37-28-17-23-26(18-29(28)38-2)33-14-11-27(23)39-22-7-8-25(24(31)16-22)35-30(36)34-21-5-3-19(4-6-21)15-20-9-12-32-13-10-20/h3-8,11,14-18,32H,9-10,12-13H2,1-2H3,(H2,34,35,36). The first-order chi connectivity index (χ1) is 19.0. The molecular formula is C30H29FN4O4. The third-order valence-corrected chi connectivity index (χ3v) is 6.41. The van der Waals surface area contributed by atoms with Crippen molar-refractivity contribution in [3.63, 3.8) is 0 Å². The zero-order valence-electron chi connectivity index (χ0n) is 21.7. The van der Waals surface area contributed by atoms with E-state index >= 15 is 0 Å². The fourth-order valence-corrected chi connectivity index (χ4v) is 4.40. The molecule has 1 aromatic heterocycles. The summed E-state index contributed by atoms with van der Waals surface area (Å²) in [5.41, 5.74) is 3.76. The number of amides is 2. The van der Waals surface area contributed by atoms with Crippen LogP contribution in [0.15, 0.2) is 72.4 Å². The summed E-state index contributed by atoms with van der Waals surface area (Å²) in [6.45, 7) is 2.00. The lowest BCUT2D eigenvalue weighted by Crippen LogP contribution is -2.22. The number of anilines is 2. The van der Waals surface area contributed by atoms with Crippen LogP contribution < -0.4 is 30.2 Å². The van der Waals surface area contributed by atoms with Crippen molar-refractivity contribution in [1.29, 1.82) is 0 Å². The van der Waals surface area contributed by atoms with Crippen LogP contribution in [0.2, 0.25) is 0 Å². The van der Waals surface area contributed by atoms with Crippen molar-refractivity contribution in [3.05, 3.63) is 83.8 Å². The van der Waals surface area contributed by atoms with Gasteiger partial charge in [-0.15, -0.1) is 0 Å². The summed E-state index contributed by atoms with van der Waals surface area (Å²) in [7, 11) is 3.09. The maximum atomic E-state index is 14.9. The number of methoxy groups -OCH3 is 2. The van der Waals surface area contributed by atoms with E-state index in [0.717, 1.165) is 31.5 Å². The summed E-state index contributed by atoms with van der Waals surface area (Å²) in [4.78, 5) is 16.9.